The van der Waals surface area contributed by atoms with Crippen molar-refractivity contribution >= 4 is 17.3 Å². The summed E-state index contributed by atoms with van der Waals surface area (Å²) in [6.45, 7) is 5.23. The zero-order valence-electron chi connectivity index (χ0n) is 14.6. The van der Waals surface area contributed by atoms with Crippen LogP contribution in [0, 0.1) is 0 Å². The third kappa shape index (κ3) is 3.54. The Labute approximate surface area is 148 Å². The summed E-state index contributed by atoms with van der Waals surface area (Å²) in [6, 6.07) is 15.2. The zero-order chi connectivity index (χ0) is 17.2. The number of anilines is 2. The highest BCUT2D eigenvalue weighted by molar-refractivity contribution is 5.89. The number of nitrogens with zero attached hydrogens (tertiary/aromatic N) is 1. The summed E-state index contributed by atoms with van der Waals surface area (Å²) in [6.07, 6.45) is 2.16. The molecular formula is C21H24N2O2. The quantitative estimate of drug-likeness (QED) is 0.925. The van der Waals surface area contributed by atoms with E-state index in [1.165, 1.54) is 22.4 Å². The number of ether oxygens (including phenoxy) is 1. The van der Waals surface area contributed by atoms with Crippen molar-refractivity contribution in [3.05, 3.63) is 59.2 Å². The molecule has 0 spiro atoms. The second kappa shape index (κ2) is 6.89. The van der Waals surface area contributed by atoms with Gasteiger partial charge in [0.1, 0.15) is 0 Å². The summed E-state index contributed by atoms with van der Waals surface area (Å²) in [5.41, 5.74) is 6.20. The number of fused-ring (bicyclic) bond motifs is 1. The van der Waals surface area contributed by atoms with Gasteiger partial charge in [-0.1, -0.05) is 24.3 Å². The van der Waals surface area contributed by atoms with Crippen LogP contribution in [0.5, 0.6) is 0 Å². The molecule has 4 rings (SSSR count). The van der Waals surface area contributed by atoms with Crippen LogP contribution in [0.3, 0.4) is 0 Å². The molecule has 1 fully saturated rings. The van der Waals surface area contributed by atoms with E-state index in [9.17, 15) is 4.79 Å². The molecule has 1 atom stereocenters. The van der Waals surface area contributed by atoms with Gasteiger partial charge >= 0.3 is 0 Å². The van der Waals surface area contributed by atoms with E-state index in [1.807, 2.05) is 6.07 Å². The summed E-state index contributed by atoms with van der Waals surface area (Å²) in [7, 11) is 0. The Balaban J connectivity index is 1.45. The fourth-order valence-corrected chi connectivity index (χ4v) is 3.83. The minimum atomic E-state index is -0.0254. The fraction of sp³-hybridized carbons (Fsp3) is 0.381. The van der Waals surface area contributed by atoms with Gasteiger partial charge in [-0.25, -0.2) is 0 Å². The molecule has 1 saturated heterocycles. The Bertz CT molecular complexity index is 764. The molecule has 2 heterocycles. The fourth-order valence-electron chi connectivity index (χ4n) is 3.83. The summed E-state index contributed by atoms with van der Waals surface area (Å²) in [4.78, 5) is 13.6. The van der Waals surface area contributed by atoms with Crippen molar-refractivity contribution in [1.29, 1.82) is 0 Å². The predicted octanol–water partition coefficient (Wildman–Crippen LogP) is 3.71. The maximum Gasteiger partial charge on any atom is 0.221 e. The number of rotatable bonds is 4. The van der Waals surface area contributed by atoms with Gasteiger partial charge in [0.25, 0.3) is 0 Å². The lowest BCUT2D eigenvalue weighted by molar-refractivity contribution is -0.114. The Morgan fingerprint density at radius 3 is 2.80 bits per heavy atom. The molecule has 1 amide bonds. The first-order valence-corrected chi connectivity index (χ1v) is 9.01. The molecule has 0 aliphatic carbocycles. The molecule has 2 aliphatic rings. The molecule has 0 aromatic heterocycles. The Hall–Kier alpha value is -2.33. The van der Waals surface area contributed by atoms with Crippen LogP contribution in [-0.4, -0.2) is 25.7 Å². The molecule has 1 unspecified atom stereocenters. The van der Waals surface area contributed by atoms with Crippen molar-refractivity contribution in [3.8, 4) is 0 Å². The minimum Gasteiger partial charge on any atom is -0.381 e. The van der Waals surface area contributed by atoms with E-state index in [4.69, 9.17) is 4.74 Å². The number of carbonyl (C=O) groups is 1. The lowest BCUT2D eigenvalue weighted by Gasteiger charge is -2.20. The summed E-state index contributed by atoms with van der Waals surface area (Å²) in [5.74, 6) is 0.538. The van der Waals surface area contributed by atoms with Gasteiger partial charge in [-0.3, -0.25) is 4.79 Å². The van der Waals surface area contributed by atoms with Gasteiger partial charge in [0.2, 0.25) is 5.91 Å². The number of hydrogen-bond acceptors (Lipinski definition) is 3. The smallest absolute Gasteiger partial charge is 0.221 e. The number of carbonyl (C=O) groups excluding carboxylic acids is 1. The van der Waals surface area contributed by atoms with E-state index < -0.39 is 0 Å². The predicted molar refractivity (Wildman–Crippen MR) is 100 cm³/mol. The molecule has 0 saturated carbocycles. The molecule has 2 aromatic carbocycles. The van der Waals surface area contributed by atoms with E-state index >= 15 is 0 Å². The topological polar surface area (TPSA) is 41.6 Å². The van der Waals surface area contributed by atoms with E-state index in [2.05, 4.69) is 46.6 Å². The molecule has 0 radical (unpaired) electrons. The second-order valence-electron chi connectivity index (χ2n) is 7.00. The van der Waals surface area contributed by atoms with Gasteiger partial charge in [0, 0.05) is 43.9 Å². The minimum absolute atomic E-state index is 0.0254. The van der Waals surface area contributed by atoms with Crippen LogP contribution in [0.1, 0.15) is 36.0 Å². The van der Waals surface area contributed by atoms with Crippen molar-refractivity contribution in [1.82, 2.24) is 0 Å². The van der Waals surface area contributed by atoms with Gasteiger partial charge < -0.3 is 15.0 Å². The van der Waals surface area contributed by atoms with Crippen LogP contribution in [0.25, 0.3) is 0 Å². The van der Waals surface area contributed by atoms with Crippen LogP contribution in [0.15, 0.2) is 42.5 Å². The highest BCUT2D eigenvalue weighted by Crippen LogP contribution is 2.32. The number of benzene rings is 2. The van der Waals surface area contributed by atoms with Crippen LogP contribution in [0.2, 0.25) is 0 Å². The summed E-state index contributed by atoms with van der Waals surface area (Å²) >= 11 is 0. The van der Waals surface area contributed by atoms with Gasteiger partial charge in [-0.05, 0) is 47.7 Å². The number of amides is 1. The number of nitrogens with one attached hydrogen (secondary N) is 1. The SMILES string of the molecule is CC(=O)Nc1ccc2c(c1)CCN2Cc1ccc(C2CCOC2)cc1. The van der Waals surface area contributed by atoms with Crippen molar-refractivity contribution in [2.75, 3.05) is 30.0 Å². The summed E-state index contributed by atoms with van der Waals surface area (Å²) in [5, 5.41) is 2.86. The maximum absolute atomic E-state index is 11.2. The van der Waals surface area contributed by atoms with Crippen molar-refractivity contribution in [2.24, 2.45) is 0 Å². The van der Waals surface area contributed by atoms with Gasteiger partial charge in [0.05, 0.1) is 6.61 Å². The highest BCUT2D eigenvalue weighted by Gasteiger charge is 2.20. The van der Waals surface area contributed by atoms with Crippen LogP contribution < -0.4 is 10.2 Å². The van der Waals surface area contributed by atoms with Crippen LogP contribution in [-0.2, 0) is 22.5 Å². The van der Waals surface area contributed by atoms with Gasteiger partial charge in [-0.2, -0.15) is 0 Å². The third-order valence-corrected chi connectivity index (χ3v) is 5.15. The largest absolute Gasteiger partial charge is 0.381 e. The maximum atomic E-state index is 11.2. The second-order valence-corrected chi connectivity index (χ2v) is 7.00. The van der Waals surface area contributed by atoms with E-state index in [-0.39, 0.29) is 5.91 Å². The average Bonchev–Trinajstić information content (AvgIpc) is 3.25. The standard InChI is InChI=1S/C21H24N2O2/c1-15(24)22-20-6-7-21-18(12-20)8-10-23(21)13-16-2-4-17(5-3-16)19-9-11-25-14-19/h2-7,12,19H,8-11,13-14H2,1H3,(H,22,24). The molecule has 1 N–H and O–H groups in total. The first-order valence-electron chi connectivity index (χ1n) is 9.01. The summed E-state index contributed by atoms with van der Waals surface area (Å²) < 4.78 is 5.49. The average molecular weight is 336 g/mol. The lowest BCUT2D eigenvalue weighted by atomic mass is 9.97. The van der Waals surface area contributed by atoms with E-state index in [0.717, 1.165) is 44.8 Å². The van der Waals surface area contributed by atoms with E-state index in [0.29, 0.717) is 5.92 Å². The molecule has 2 aliphatic heterocycles. The molecule has 25 heavy (non-hydrogen) atoms. The number of hydrogen-bond donors (Lipinski definition) is 1. The molecule has 2 aromatic rings. The Morgan fingerprint density at radius 2 is 2.08 bits per heavy atom. The monoisotopic (exact) mass is 336 g/mol. The normalized spacial score (nSPS) is 19.1. The molecule has 4 nitrogen and oxygen atoms in total. The van der Waals surface area contributed by atoms with Crippen molar-refractivity contribution in [2.45, 2.75) is 32.2 Å². The molecular weight excluding hydrogens is 312 g/mol. The molecule has 130 valence electrons. The van der Waals surface area contributed by atoms with Crippen LogP contribution in [0.4, 0.5) is 11.4 Å². The third-order valence-electron chi connectivity index (χ3n) is 5.15. The Kier molecular flexibility index (Phi) is 4.45. The van der Waals surface area contributed by atoms with Gasteiger partial charge in [0.15, 0.2) is 0 Å². The zero-order valence-corrected chi connectivity index (χ0v) is 14.6. The first kappa shape index (κ1) is 16.2. The van der Waals surface area contributed by atoms with E-state index in [1.54, 1.807) is 6.92 Å². The van der Waals surface area contributed by atoms with Gasteiger partial charge in [-0.15, -0.1) is 0 Å². The highest BCUT2D eigenvalue weighted by atomic mass is 16.5. The van der Waals surface area contributed by atoms with Crippen molar-refractivity contribution in [3.63, 3.8) is 0 Å². The van der Waals surface area contributed by atoms with Crippen molar-refractivity contribution < 1.29 is 9.53 Å². The molecule has 0 bridgehead atoms. The first-order chi connectivity index (χ1) is 12.2. The lowest BCUT2D eigenvalue weighted by Crippen LogP contribution is -2.19. The molecule has 4 heteroatoms. The van der Waals surface area contributed by atoms with Crippen LogP contribution >= 0.6 is 0 Å². The Morgan fingerprint density at radius 1 is 1.24 bits per heavy atom.